The fourth-order valence-corrected chi connectivity index (χ4v) is 2.88. The lowest BCUT2D eigenvalue weighted by Gasteiger charge is -2.37. The molecule has 3 atom stereocenters. The minimum atomic E-state index is -1.42. The molecular weight excluding hydrogens is 307 g/mol. The van der Waals surface area contributed by atoms with Crippen LogP contribution in [-0.4, -0.2) is 25.2 Å². The first-order valence-corrected chi connectivity index (χ1v) is 8.17. The van der Waals surface area contributed by atoms with Crippen LogP contribution in [0.2, 0.25) is 0 Å². The van der Waals surface area contributed by atoms with E-state index in [1.165, 1.54) is 0 Å². The van der Waals surface area contributed by atoms with E-state index in [-0.39, 0.29) is 19.0 Å². The number of benzene rings is 2. The van der Waals surface area contributed by atoms with Gasteiger partial charge in [0.15, 0.2) is 12.0 Å². The van der Waals surface area contributed by atoms with Crippen molar-refractivity contribution in [2.75, 3.05) is 13.2 Å². The first-order valence-electron chi connectivity index (χ1n) is 8.17. The second-order valence-electron chi connectivity index (χ2n) is 6.08. The summed E-state index contributed by atoms with van der Waals surface area (Å²) in [5.41, 5.74) is 2.08. The van der Waals surface area contributed by atoms with Gasteiger partial charge in [-0.1, -0.05) is 60.7 Å². The lowest BCUT2D eigenvalue weighted by atomic mass is 9.71. The highest BCUT2D eigenvalue weighted by atomic mass is 19.1. The van der Waals surface area contributed by atoms with Gasteiger partial charge in [-0.15, -0.1) is 0 Å². The normalized spacial score (nSPS) is 23.0. The van der Waals surface area contributed by atoms with Crippen molar-refractivity contribution in [3.8, 4) is 0 Å². The Morgan fingerprint density at radius 2 is 1.29 bits per heavy atom. The Labute approximate surface area is 141 Å². The Morgan fingerprint density at radius 1 is 0.792 bits per heavy atom. The van der Waals surface area contributed by atoms with Gasteiger partial charge in [0.2, 0.25) is 0 Å². The molecule has 2 aromatic carbocycles. The molecule has 0 unspecified atom stereocenters. The molecule has 0 saturated heterocycles. The van der Waals surface area contributed by atoms with Gasteiger partial charge in [0, 0.05) is 5.92 Å². The topological polar surface area (TPSA) is 35.5 Å². The fourth-order valence-electron chi connectivity index (χ4n) is 2.88. The average Bonchev–Trinajstić information content (AvgIpc) is 2.64. The van der Waals surface area contributed by atoms with Gasteiger partial charge in [0.25, 0.3) is 0 Å². The van der Waals surface area contributed by atoms with Gasteiger partial charge < -0.3 is 9.47 Å². The van der Waals surface area contributed by atoms with Crippen LogP contribution in [0, 0.1) is 11.8 Å². The summed E-state index contributed by atoms with van der Waals surface area (Å²) in [6.07, 6.45) is -1.42. The molecule has 0 radical (unpaired) electrons. The van der Waals surface area contributed by atoms with Gasteiger partial charge in [-0.3, -0.25) is 4.79 Å². The van der Waals surface area contributed by atoms with Crippen LogP contribution >= 0.6 is 0 Å². The molecule has 3 rings (SSSR count). The predicted octanol–water partition coefficient (Wildman–Crippen LogP) is 3.57. The molecule has 3 nitrogen and oxygen atoms in total. The van der Waals surface area contributed by atoms with Crippen LogP contribution in [0.4, 0.5) is 4.39 Å². The Morgan fingerprint density at radius 3 is 1.83 bits per heavy atom. The van der Waals surface area contributed by atoms with Crippen molar-refractivity contribution >= 4 is 5.78 Å². The third-order valence-corrected chi connectivity index (χ3v) is 4.36. The van der Waals surface area contributed by atoms with Crippen molar-refractivity contribution < 1.29 is 18.7 Å². The summed E-state index contributed by atoms with van der Waals surface area (Å²) in [7, 11) is 0. The summed E-state index contributed by atoms with van der Waals surface area (Å²) < 4.78 is 25.0. The van der Waals surface area contributed by atoms with E-state index in [1.54, 1.807) is 0 Å². The monoisotopic (exact) mass is 328 g/mol. The van der Waals surface area contributed by atoms with Crippen molar-refractivity contribution in [2.24, 2.45) is 11.8 Å². The van der Waals surface area contributed by atoms with Crippen molar-refractivity contribution in [1.29, 1.82) is 0 Å². The molecule has 0 N–H and O–H groups in total. The third kappa shape index (κ3) is 4.08. The maximum atomic E-state index is 13.8. The SMILES string of the molecule is O=C1[C@H](F)[C@H](COCc2ccccc2)[C@H]1COCc1ccccc1. The van der Waals surface area contributed by atoms with Crippen LogP contribution in [-0.2, 0) is 27.5 Å². The number of Topliss-reactive ketones (excluding diaryl/α,β-unsaturated/α-hetero) is 1. The van der Waals surface area contributed by atoms with Gasteiger partial charge in [0.05, 0.1) is 32.3 Å². The molecular formula is C20H21FO3. The predicted molar refractivity (Wildman–Crippen MR) is 89.1 cm³/mol. The second-order valence-corrected chi connectivity index (χ2v) is 6.08. The Kier molecular flexibility index (Phi) is 5.72. The molecule has 24 heavy (non-hydrogen) atoms. The van der Waals surface area contributed by atoms with Gasteiger partial charge in [0.1, 0.15) is 0 Å². The van der Waals surface area contributed by atoms with E-state index >= 15 is 0 Å². The maximum Gasteiger partial charge on any atom is 0.173 e. The second kappa shape index (κ2) is 8.18. The van der Waals surface area contributed by atoms with E-state index < -0.39 is 18.0 Å². The number of hydrogen-bond donors (Lipinski definition) is 0. The van der Waals surface area contributed by atoms with Crippen molar-refractivity contribution in [3.05, 3.63) is 71.8 Å². The summed E-state index contributed by atoms with van der Waals surface area (Å²) in [5.74, 6) is -1.17. The van der Waals surface area contributed by atoms with Gasteiger partial charge in [-0.25, -0.2) is 4.39 Å². The Hall–Kier alpha value is -2.04. The molecule has 0 amide bonds. The summed E-state index contributed by atoms with van der Waals surface area (Å²) in [6, 6.07) is 19.4. The van der Waals surface area contributed by atoms with Crippen LogP contribution in [0.15, 0.2) is 60.7 Å². The quantitative estimate of drug-likeness (QED) is 0.743. The molecule has 0 spiro atoms. The third-order valence-electron chi connectivity index (χ3n) is 4.36. The summed E-state index contributed by atoms with van der Waals surface area (Å²) >= 11 is 0. The molecule has 0 bridgehead atoms. The van der Waals surface area contributed by atoms with E-state index in [0.29, 0.717) is 13.2 Å². The largest absolute Gasteiger partial charge is 0.376 e. The summed E-state index contributed by atoms with van der Waals surface area (Å²) in [4.78, 5) is 11.7. The van der Waals surface area contributed by atoms with Crippen molar-refractivity contribution in [2.45, 2.75) is 19.4 Å². The molecule has 0 aromatic heterocycles. The van der Waals surface area contributed by atoms with Gasteiger partial charge >= 0.3 is 0 Å². The molecule has 0 heterocycles. The van der Waals surface area contributed by atoms with Crippen LogP contribution in [0.3, 0.4) is 0 Å². The van der Waals surface area contributed by atoms with Crippen LogP contribution in [0.5, 0.6) is 0 Å². The Bertz CT molecular complexity index is 644. The molecule has 1 fully saturated rings. The Balaban J connectivity index is 1.43. The van der Waals surface area contributed by atoms with Crippen LogP contribution < -0.4 is 0 Å². The highest BCUT2D eigenvalue weighted by molar-refractivity contribution is 5.92. The number of carbonyl (C=O) groups excluding carboxylic acids is 1. The number of carbonyl (C=O) groups is 1. The fraction of sp³-hybridized carbons (Fsp3) is 0.350. The standard InChI is InChI=1S/C20H21FO3/c21-19-17(13-23-11-15-7-3-1-4-8-15)18(20(19)22)14-24-12-16-9-5-2-6-10-16/h1-10,17-19H,11-14H2/t17-,18-,19-/m1/s1. The maximum absolute atomic E-state index is 13.8. The van der Waals surface area contributed by atoms with E-state index in [1.807, 2.05) is 60.7 Å². The molecule has 4 heteroatoms. The van der Waals surface area contributed by atoms with E-state index in [4.69, 9.17) is 9.47 Å². The van der Waals surface area contributed by atoms with E-state index in [9.17, 15) is 9.18 Å². The number of halogens is 1. The molecule has 1 saturated carbocycles. The molecule has 1 aliphatic carbocycles. The zero-order valence-corrected chi connectivity index (χ0v) is 13.4. The summed E-state index contributed by atoms with van der Waals surface area (Å²) in [5, 5.41) is 0. The zero-order chi connectivity index (χ0) is 16.8. The molecule has 126 valence electrons. The van der Waals surface area contributed by atoms with Crippen molar-refractivity contribution in [1.82, 2.24) is 0 Å². The number of ether oxygens (including phenoxy) is 2. The highest BCUT2D eigenvalue weighted by Gasteiger charge is 2.50. The lowest BCUT2D eigenvalue weighted by Crippen LogP contribution is -2.53. The molecule has 1 aliphatic rings. The smallest absolute Gasteiger partial charge is 0.173 e. The number of rotatable bonds is 8. The summed E-state index contributed by atoms with van der Waals surface area (Å²) in [6.45, 7) is 1.34. The lowest BCUT2D eigenvalue weighted by molar-refractivity contribution is -0.154. The molecule has 0 aliphatic heterocycles. The number of ketones is 1. The molecule has 2 aromatic rings. The highest BCUT2D eigenvalue weighted by Crippen LogP contribution is 2.34. The van der Waals surface area contributed by atoms with E-state index in [0.717, 1.165) is 11.1 Å². The van der Waals surface area contributed by atoms with Gasteiger partial charge in [-0.05, 0) is 11.1 Å². The van der Waals surface area contributed by atoms with Gasteiger partial charge in [-0.2, -0.15) is 0 Å². The van der Waals surface area contributed by atoms with Crippen LogP contribution in [0.25, 0.3) is 0 Å². The minimum absolute atomic E-state index is 0.237. The minimum Gasteiger partial charge on any atom is -0.376 e. The zero-order valence-electron chi connectivity index (χ0n) is 13.4. The van der Waals surface area contributed by atoms with Crippen molar-refractivity contribution in [3.63, 3.8) is 0 Å². The number of hydrogen-bond acceptors (Lipinski definition) is 3. The average molecular weight is 328 g/mol. The van der Waals surface area contributed by atoms with E-state index in [2.05, 4.69) is 0 Å². The number of alkyl halides is 1. The first-order chi connectivity index (χ1) is 11.8. The van der Waals surface area contributed by atoms with Crippen LogP contribution in [0.1, 0.15) is 11.1 Å². The first kappa shape index (κ1) is 16.8.